The van der Waals surface area contributed by atoms with Crippen molar-refractivity contribution in [2.45, 2.75) is 26.2 Å². The monoisotopic (exact) mass is 257 g/mol. The Morgan fingerprint density at radius 1 is 1.21 bits per heavy atom. The van der Waals surface area contributed by atoms with Crippen molar-refractivity contribution in [3.05, 3.63) is 40.8 Å². The van der Waals surface area contributed by atoms with Crippen LogP contribution in [0.15, 0.2) is 18.2 Å². The van der Waals surface area contributed by atoms with Gasteiger partial charge in [-0.2, -0.15) is 0 Å². The normalized spacial score (nSPS) is 13.4. The Balaban J connectivity index is 2.15. The zero-order valence-electron chi connectivity index (χ0n) is 11.1. The lowest BCUT2D eigenvalue weighted by Crippen LogP contribution is -2.04. The van der Waals surface area contributed by atoms with E-state index < -0.39 is 0 Å². The summed E-state index contributed by atoms with van der Waals surface area (Å²) in [6.45, 7) is 1.88. The minimum absolute atomic E-state index is 0.226. The fourth-order valence-corrected chi connectivity index (χ4v) is 2.64. The Morgan fingerprint density at radius 2 is 2.05 bits per heavy atom. The molecule has 4 heteroatoms. The molecule has 0 saturated heterocycles. The molecule has 3 rings (SSSR count). The summed E-state index contributed by atoms with van der Waals surface area (Å²) in [5, 5.41) is 3.14. The first-order valence-corrected chi connectivity index (χ1v) is 6.53. The van der Waals surface area contributed by atoms with E-state index >= 15 is 0 Å². The van der Waals surface area contributed by atoms with E-state index in [1.54, 1.807) is 6.07 Å². The van der Waals surface area contributed by atoms with Crippen LogP contribution in [-0.2, 0) is 12.8 Å². The smallest absolute Gasteiger partial charge is 0.162 e. The Hall–Kier alpha value is -1.97. The van der Waals surface area contributed by atoms with E-state index in [4.69, 9.17) is 0 Å². The Kier molecular flexibility index (Phi) is 2.93. The number of fused-ring (bicyclic) bond motifs is 1. The van der Waals surface area contributed by atoms with Crippen LogP contribution in [0.2, 0.25) is 0 Å². The molecule has 1 aliphatic rings. The van der Waals surface area contributed by atoms with Crippen molar-refractivity contribution >= 4 is 5.82 Å². The lowest BCUT2D eigenvalue weighted by molar-refractivity contribution is 0.627. The van der Waals surface area contributed by atoms with Crippen LogP contribution in [0, 0.1) is 12.7 Å². The van der Waals surface area contributed by atoms with E-state index in [2.05, 4.69) is 15.3 Å². The first kappa shape index (κ1) is 12.1. The molecule has 0 spiro atoms. The molecule has 1 heterocycles. The lowest BCUT2D eigenvalue weighted by atomic mass is 10.1. The van der Waals surface area contributed by atoms with Gasteiger partial charge in [-0.3, -0.25) is 0 Å². The van der Waals surface area contributed by atoms with Gasteiger partial charge in [0.05, 0.1) is 0 Å². The van der Waals surface area contributed by atoms with Gasteiger partial charge in [-0.05, 0) is 49.9 Å². The highest BCUT2D eigenvalue weighted by Gasteiger charge is 2.19. The predicted molar refractivity (Wildman–Crippen MR) is 73.7 cm³/mol. The third-order valence-electron chi connectivity index (χ3n) is 3.60. The van der Waals surface area contributed by atoms with Gasteiger partial charge >= 0.3 is 0 Å². The van der Waals surface area contributed by atoms with E-state index in [9.17, 15) is 4.39 Å². The lowest BCUT2D eigenvalue weighted by Gasteiger charge is -2.11. The fourth-order valence-electron chi connectivity index (χ4n) is 2.64. The predicted octanol–water partition coefficient (Wildman–Crippen LogP) is 3.12. The minimum atomic E-state index is -0.226. The number of hydrogen-bond donors (Lipinski definition) is 1. The van der Waals surface area contributed by atoms with Gasteiger partial charge in [-0.25, -0.2) is 14.4 Å². The zero-order chi connectivity index (χ0) is 13.4. The average molecular weight is 257 g/mol. The molecule has 1 aliphatic carbocycles. The van der Waals surface area contributed by atoms with Gasteiger partial charge in [0.2, 0.25) is 0 Å². The second-order valence-corrected chi connectivity index (χ2v) is 4.88. The quantitative estimate of drug-likeness (QED) is 0.898. The molecule has 3 nitrogen and oxygen atoms in total. The summed E-state index contributed by atoms with van der Waals surface area (Å²) in [5.74, 6) is 1.36. The second-order valence-electron chi connectivity index (χ2n) is 4.88. The summed E-state index contributed by atoms with van der Waals surface area (Å²) in [4.78, 5) is 9.23. The highest BCUT2D eigenvalue weighted by molar-refractivity contribution is 5.63. The van der Waals surface area contributed by atoms with Crippen molar-refractivity contribution in [2.24, 2.45) is 0 Å². The molecule has 1 N–H and O–H groups in total. The number of benzene rings is 1. The van der Waals surface area contributed by atoms with Crippen molar-refractivity contribution < 1.29 is 4.39 Å². The molecule has 0 atom stereocenters. The number of hydrogen-bond acceptors (Lipinski definition) is 3. The first-order chi connectivity index (χ1) is 9.19. The zero-order valence-corrected chi connectivity index (χ0v) is 11.1. The van der Waals surface area contributed by atoms with Gasteiger partial charge in [-0.1, -0.05) is 0 Å². The number of halogens is 1. The molecule has 0 amide bonds. The van der Waals surface area contributed by atoms with E-state index in [0.717, 1.165) is 41.9 Å². The van der Waals surface area contributed by atoms with Crippen molar-refractivity contribution in [1.82, 2.24) is 9.97 Å². The number of aromatic nitrogens is 2. The SMILES string of the molecule is CNc1nc(-c2ccc(F)cc2C)nc2c1CCC2. The molecule has 1 aromatic heterocycles. The van der Waals surface area contributed by atoms with Crippen LogP contribution in [0.4, 0.5) is 10.2 Å². The van der Waals surface area contributed by atoms with Crippen LogP contribution in [0.3, 0.4) is 0 Å². The van der Waals surface area contributed by atoms with Crippen LogP contribution in [0.25, 0.3) is 11.4 Å². The molecule has 2 aromatic rings. The molecule has 98 valence electrons. The maximum Gasteiger partial charge on any atom is 0.162 e. The molecular formula is C15H16FN3. The first-order valence-electron chi connectivity index (χ1n) is 6.53. The molecular weight excluding hydrogens is 241 g/mol. The van der Waals surface area contributed by atoms with E-state index in [1.807, 2.05) is 14.0 Å². The van der Waals surface area contributed by atoms with Crippen LogP contribution >= 0.6 is 0 Å². The fraction of sp³-hybridized carbons (Fsp3) is 0.333. The number of rotatable bonds is 2. The van der Waals surface area contributed by atoms with Crippen molar-refractivity contribution in [2.75, 3.05) is 12.4 Å². The van der Waals surface area contributed by atoms with Crippen molar-refractivity contribution in [3.63, 3.8) is 0 Å². The third kappa shape index (κ3) is 2.07. The second kappa shape index (κ2) is 4.61. The Morgan fingerprint density at radius 3 is 2.79 bits per heavy atom. The number of nitrogens with one attached hydrogen (secondary N) is 1. The molecule has 0 fully saturated rings. The van der Waals surface area contributed by atoms with Gasteiger partial charge in [-0.15, -0.1) is 0 Å². The van der Waals surface area contributed by atoms with Crippen molar-refractivity contribution in [1.29, 1.82) is 0 Å². The third-order valence-corrected chi connectivity index (χ3v) is 3.60. The standard InChI is InChI=1S/C15H16FN3/c1-9-8-10(16)6-7-11(9)15-18-13-5-3-4-12(13)14(17-2)19-15/h6-8H,3-5H2,1-2H3,(H,17,18,19). The highest BCUT2D eigenvalue weighted by atomic mass is 19.1. The molecule has 0 aliphatic heterocycles. The van der Waals surface area contributed by atoms with Gasteiger partial charge in [0.15, 0.2) is 5.82 Å². The summed E-state index contributed by atoms with van der Waals surface area (Å²) in [5.41, 5.74) is 4.11. The summed E-state index contributed by atoms with van der Waals surface area (Å²) in [6, 6.07) is 4.73. The van der Waals surface area contributed by atoms with E-state index in [-0.39, 0.29) is 5.82 Å². The average Bonchev–Trinajstić information content (AvgIpc) is 2.85. The number of aryl methyl sites for hydroxylation is 2. The van der Waals surface area contributed by atoms with Crippen LogP contribution in [0.1, 0.15) is 23.2 Å². The largest absolute Gasteiger partial charge is 0.373 e. The number of nitrogens with zero attached hydrogens (tertiary/aromatic N) is 2. The minimum Gasteiger partial charge on any atom is -0.373 e. The van der Waals surface area contributed by atoms with Crippen LogP contribution in [0.5, 0.6) is 0 Å². The molecule has 0 saturated carbocycles. The van der Waals surface area contributed by atoms with Crippen LogP contribution in [-0.4, -0.2) is 17.0 Å². The molecule has 0 unspecified atom stereocenters. The van der Waals surface area contributed by atoms with Gasteiger partial charge < -0.3 is 5.32 Å². The highest BCUT2D eigenvalue weighted by Crippen LogP contribution is 2.30. The number of anilines is 1. The Bertz CT molecular complexity index is 638. The molecule has 0 radical (unpaired) electrons. The van der Waals surface area contributed by atoms with Gasteiger partial charge in [0, 0.05) is 23.9 Å². The van der Waals surface area contributed by atoms with Crippen LogP contribution < -0.4 is 5.32 Å². The molecule has 1 aromatic carbocycles. The molecule has 0 bridgehead atoms. The summed E-state index contributed by atoms with van der Waals surface area (Å²) in [6.07, 6.45) is 3.17. The maximum atomic E-state index is 13.2. The summed E-state index contributed by atoms with van der Waals surface area (Å²) in [7, 11) is 1.88. The van der Waals surface area contributed by atoms with E-state index in [0.29, 0.717) is 5.82 Å². The van der Waals surface area contributed by atoms with E-state index in [1.165, 1.54) is 17.7 Å². The maximum absolute atomic E-state index is 13.2. The van der Waals surface area contributed by atoms with Gasteiger partial charge in [0.25, 0.3) is 0 Å². The van der Waals surface area contributed by atoms with Crippen molar-refractivity contribution in [3.8, 4) is 11.4 Å². The topological polar surface area (TPSA) is 37.8 Å². The van der Waals surface area contributed by atoms with Gasteiger partial charge in [0.1, 0.15) is 11.6 Å². The summed E-state index contributed by atoms with van der Waals surface area (Å²) >= 11 is 0. The molecule has 19 heavy (non-hydrogen) atoms. The Labute approximate surface area is 111 Å². The summed E-state index contributed by atoms with van der Waals surface area (Å²) < 4.78 is 13.2.